The Balaban J connectivity index is 3.13. The zero-order valence-corrected chi connectivity index (χ0v) is 13.7. The van der Waals surface area contributed by atoms with Gasteiger partial charge < -0.3 is 10.2 Å². The number of aryl methyl sites for hydroxylation is 1. The zero-order chi connectivity index (χ0) is 16.2. The Morgan fingerprint density at radius 1 is 1.43 bits per heavy atom. The molecule has 0 fully saturated rings. The summed E-state index contributed by atoms with van der Waals surface area (Å²) >= 11 is 1.36. The number of hydrogen-bond donors (Lipinski definition) is 3. The smallest absolute Gasteiger partial charge is 0.335 e. The van der Waals surface area contributed by atoms with E-state index in [0.29, 0.717) is 5.56 Å². The largest absolute Gasteiger partial charge is 0.478 e. The van der Waals surface area contributed by atoms with Crippen molar-refractivity contribution >= 4 is 27.8 Å². The Labute approximate surface area is 128 Å². The molecule has 21 heavy (non-hydrogen) atoms. The highest BCUT2D eigenvalue weighted by molar-refractivity contribution is 7.99. The maximum Gasteiger partial charge on any atom is 0.335 e. The van der Waals surface area contributed by atoms with Crippen molar-refractivity contribution in [3.8, 4) is 0 Å². The molecule has 0 saturated heterocycles. The zero-order valence-electron chi connectivity index (χ0n) is 12.0. The molecule has 0 heterocycles. The van der Waals surface area contributed by atoms with Gasteiger partial charge in [0.2, 0.25) is 10.0 Å². The summed E-state index contributed by atoms with van der Waals surface area (Å²) in [4.78, 5) is 10.9. The van der Waals surface area contributed by atoms with E-state index in [1.165, 1.54) is 23.9 Å². The fourth-order valence-electron chi connectivity index (χ4n) is 1.84. The van der Waals surface area contributed by atoms with E-state index in [-0.39, 0.29) is 22.3 Å². The standard InChI is InChI=1S/C13H19NO5S2/c1-8-4-5-10(13(16)17)6-12(8)21(18,19)14-9(2)11(7-15)20-3/h4-6,9,11,14-15H,7H2,1-3H3,(H,16,17). The predicted octanol–water partition coefficient (Wildman–Crippen LogP) is 1.08. The molecule has 2 atom stereocenters. The van der Waals surface area contributed by atoms with Gasteiger partial charge in [0.1, 0.15) is 0 Å². The monoisotopic (exact) mass is 333 g/mol. The van der Waals surface area contributed by atoms with Crippen LogP contribution < -0.4 is 4.72 Å². The summed E-state index contributed by atoms with van der Waals surface area (Å²) in [6.07, 6.45) is 1.78. The number of aliphatic hydroxyl groups excluding tert-OH is 1. The summed E-state index contributed by atoms with van der Waals surface area (Å²) in [6.45, 7) is 3.10. The van der Waals surface area contributed by atoms with Crippen LogP contribution in [0.2, 0.25) is 0 Å². The first-order valence-corrected chi connectivity index (χ1v) is 9.00. The van der Waals surface area contributed by atoms with Crippen molar-refractivity contribution in [3.63, 3.8) is 0 Å². The van der Waals surface area contributed by atoms with Crippen molar-refractivity contribution in [2.24, 2.45) is 0 Å². The molecule has 0 bridgehead atoms. The molecular formula is C13H19NO5S2. The van der Waals surface area contributed by atoms with Crippen molar-refractivity contribution in [1.82, 2.24) is 4.72 Å². The first-order chi connectivity index (χ1) is 9.72. The quantitative estimate of drug-likeness (QED) is 0.690. The third-order valence-corrected chi connectivity index (χ3v) is 5.97. The van der Waals surface area contributed by atoms with Crippen LogP contribution in [0.4, 0.5) is 0 Å². The molecule has 2 unspecified atom stereocenters. The van der Waals surface area contributed by atoms with Crippen LogP contribution in [0.25, 0.3) is 0 Å². The molecule has 0 amide bonds. The number of carboxylic acid groups (broad SMARTS) is 1. The second kappa shape index (κ2) is 7.26. The molecule has 0 radical (unpaired) electrons. The Morgan fingerprint density at radius 3 is 2.52 bits per heavy atom. The number of aliphatic hydroxyl groups is 1. The fraction of sp³-hybridized carbons (Fsp3) is 0.462. The third kappa shape index (κ3) is 4.44. The van der Waals surface area contributed by atoms with E-state index < -0.39 is 22.0 Å². The predicted molar refractivity (Wildman–Crippen MR) is 82.3 cm³/mol. The lowest BCUT2D eigenvalue weighted by atomic mass is 10.1. The van der Waals surface area contributed by atoms with E-state index in [1.807, 2.05) is 0 Å². The number of carboxylic acids is 1. The maximum absolute atomic E-state index is 12.4. The number of rotatable bonds is 7. The molecule has 0 aromatic heterocycles. The van der Waals surface area contributed by atoms with Crippen molar-refractivity contribution in [3.05, 3.63) is 29.3 Å². The highest BCUT2D eigenvalue weighted by Gasteiger charge is 2.25. The minimum atomic E-state index is -3.85. The van der Waals surface area contributed by atoms with Gasteiger partial charge in [0.05, 0.1) is 17.1 Å². The van der Waals surface area contributed by atoms with Gasteiger partial charge in [-0.2, -0.15) is 11.8 Å². The topological polar surface area (TPSA) is 104 Å². The molecule has 1 rings (SSSR count). The molecule has 6 nitrogen and oxygen atoms in total. The van der Waals surface area contributed by atoms with Crippen molar-refractivity contribution in [1.29, 1.82) is 0 Å². The molecular weight excluding hydrogens is 314 g/mol. The molecule has 8 heteroatoms. The minimum absolute atomic E-state index is 0.0629. The molecule has 118 valence electrons. The van der Waals surface area contributed by atoms with Crippen LogP contribution >= 0.6 is 11.8 Å². The molecule has 1 aromatic rings. The van der Waals surface area contributed by atoms with Crippen molar-refractivity contribution in [2.45, 2.75) is 30.0 Å². The van der Waals surface area contributed by atoms with Gasteiger partial charge in [-0.1, -0.05) is 6.07 Å². The van der Waals surface area contributed by atoms with Gasteiger partial charge in [0, 0.05) is 11.3 Å². The van der Waals surface area contributed by atoms with Gasteiger partial charge in [-0.05, 0) is 37.8 Å². The average molecular weight is 333 g/mol. The molecule has 0 saturated carbocycles. The summed E-state index contributed by atoms with van der Waals surface area (Å²) in [7, 11) is -3.85. The lowest BCUT2D eigenvalue weighted by molar-refractivity contribution is 0.0696. The van der Waals surface area contributed by atoms with Crippen LogP contribution in [0, 0.1) is 6.92 Å². The lowest BCUT2D eigenvalue weighted by Crippen LogP contribution is -2.41. The second-order valence-corrected chi connectivity index (χ2v) is 7.41. The second-order valence-electron chi connectivity index (χ2n) is 4.65. The van der Waals surface area contributed by atoms with Crippen LogP contribution in [0.5, 0.6) is 0 Å². The summed E-state index contributed by atoms with van der Waals surface area (Å²) < 4.78 is 27.2. The Hall–Kier alpha value is -1.09. The molecule has 0 aliphatic rings. The van der Waals surface area contributed by atoms with Crippen molar-refractivity contribution in [2.75, 3.05) is 12.9 Å². The molecule has 0 spiro atoms. The van der Waals surface area contributed by atoms with Gasteiger partial charge in [0.25, 0.3) is 0 Å². The van der Waals surface area contributed by atoms with E-state index >= 15 is 0 Å². The SMILES string of the molecule is CSC(CO)C(C)NS(=O)(=O)c1cc(C(=O)O)ccc1C. The highest BCUT2D eigenvalue weighted by Crippen LogP contribution is 2.19. The van der Waals surface area contributed by atoms with E-state index in [4.69, 9.17) is 5.11 Å². The van der Waals surface area contributed by atoms with Crippen LogP contribution in [-0.4, -0.2) is 48.8 Å². The number of carbonyl (C=O) groups is 1. The summed E-state index contributed by atoms with van der Waals surface area (Å²) in [5.74, 6) is -1.18. The summed E-state index contributed by atoms with van der Waals surface area (Å²) in [5, 5.41) is 17.9. The van der Waals surface area contributed by atoms with Gasteiger partial charge in [-0.3, -0.25) is 0 Å². The van der Waals surface area contributed by atoms with E-state index in [2.05, 4.69) is 4.72 Å². The molecule has 1 aromatic carbocycles. The summed E-state index contributed by atoms with van der Waals surface area (Å²) in [5.41, 5.74) is 0.376. The minimum Gasteiger partial charge on any atom is -0.478 e. The number of thioether (sulfide) groups is 1. The fourth-order valence-corrected chi connectivity index (χ4v) is 4.11. The molecule has 0 aliphatic heterocycles. The van der Waals surface area contributed by atoms with Crippen LogP contribution in [0.1, 0.15) is 22.8 Å². The lowest BCUT2D eigenvalue weighted by Gasteiger charge is -2.21. The van der Waals surface area contributed by atoms with Gasteiger partial charge in [0.15, 0.2) is 0 Å². The van der Waals surface area contributed by atoms with Crippen LogP contribution in [0.3, 0.4) is 0 Å². The number of benzene rings is 1. The van der Waals surface area contributed by atoms with Gasteiger partial charge in [-0.15, -0.1) is 0 Å². The van der Waals surface area contributed by atoms with E-state index in [0.717, 1.165) is 6.07 Å². The van der Waals surface area contributed by atoms with Crippen LogP contribution in [0.15, 0.2) is 23.1 Å². The van der Waals surface area contributed by atoms with E-state index in [1.54, 1.807) is 20.1 Å². The number of sulfonamides is 1. The number of nitrogens with one attached hydrogen (secondary N) is 1. The first-order valence-electron chi connectivity index (χ1n) is 6.23. The number of hydrogen-bond acceptors (Lipinski definition) is 5. The molecule has 3 N–H and O–H groups in total. The molecule has 0 aliphatic carbocycles. The summed E-state index contributed by atoms with van der Waals surface area (Å²) in [6, 6.07) is 3.47. The Bertz CT molecular complexity index is 611. The Kier molecular flexibility index (Phi) is 6.21. The highest BCUT2D eigenvalue weighted by atomic mass is 32.2. The number of aromatic carboxylic acids is 1. The maximum atomic E-state index is 12.4. The Morgan fingerprint density at radius 2 is 2.05 bits per heavy atom. The van der Waals surface area contributed by atoms with Crippen LogP contribution in [-0.2, 0) is 10.0 Å². The third-order valence-electron chi connectivity index (χ3n) is 3.11. The van der Waals surface area contributed by atoms with Gasteiger partial charge in [-0.25, -0.2) is 17.9 Å². The average Bonchev–Trinajstić information content (AvgIpc) is 2.39. The first kappa shape index (κ1) is 18.0. The van der Waals surface area contributed by atoms with E-state index in [9.17, 15) is 18.3 Å². The van der Waals surface area contributed by atoms with Gasteiger partial charge >= 0.3 is 5.97 Å². The normalized spacial score (nSPS) is 14.7. The van der Waals surface area contributed by atoms with Crippen molar-refractivity contribution < 1.29 is 23.4 Å².